The van der Waals surface area contributed by atoms with Crippen LogP contribution >= 0.6 is 0 Å². The fourth-order valence-corrected chi connectivity index (χ4v) is 1.50. The summed E-state index contributed by atoms with van der Waals surface area (Å²) >= 11 is 0. The third-order valence-corrected chi connectivity index (χ3v) is 2.42. The average molecular weight is 242 g/mol. The van der Waals surface area contributed by atoms with Gasteiger partial charge in [0, 0.05) is 5.56 Å². The minimum absolute atomic E-state index is 0.0820. The Morgan fingerprint density at radius 1 is 1.11 bits per heavy atom. The molecule has 0 aliphatic carbocycles. The number of aromatic hydroxyl groups is 1. The Balaban J connectivity index is 2.10. The molecule has 0 aromatic heterocycles. The number of methoxy groups -OCH3 is 1. The summed E-state index contributed by atoms with van der Waals surface area (Å²) in [7, 11) is 1.51. The summed E-state index contributed by atoms with van der Waals surface area (Å²) in [6, 6.07) is 14.8. The minimum atomic E-state index is 0.0820. The van der Waals surface area contributed by atoms with Gasteiger partial charge in [-0.25, -0.2) is 0 Å². The summed E-state index contributed by atoms with van der Waals surface area (Å²) in [5, 5.41) is 13.9. The van der Waals surface area contributed by atoms with Crippen molar-refractivity contribution in [2.45, 2.75) is 0 Å². The third kappa shape index (κ3) is 2.79. The van der Waals surface area contributed by atoms with Crippen molar-refractivity contribution in [2.75, 3.05) is 12.5 Å². The molecule has 0 unspecified atom stereocenters. The van der Waals surface area contributed by atoms with Gasteiger partial charge in [0.2, 0.25) is 0 Å². The highest BCUT2D eigenvalue weighted by molar-refractivity contribution is 5.85. The number of nitrogens with zero attached hydrogens (tertiary/aromatic N) is 1. The van der Waals surface area contributed by atoms with Crippen LogP contribution in [0.3, 0.4) is 0 Å². The van der Waals surface area contributed by atoms with Crippen molar-refractivity contribution < 1.29 is 9.84 Å². The number of phenolic OH excluding ortho intramolecular Hbond substituents is 1. The molecule has 0 aliphatic heterocycles. The SMILES string of the molecule is COc1cccc(/C=N\Nc2ccccc2)c1O. The van der Waals surface area contributed by atoms with E-state index < -0.39 is 0 Å². The number of para-hydroxylation sites is 2. The van der Waals surface area contributed by atoms with Crippen LogP contribution in [0.1, 0.15) is 5.56 Å². The van der Waals surface area contributed by atoms with Crippen molar-refractivity contribution in [1.29, 1.82) is 0 Å². The summed E-state index contributed by atoms with van der Waals surface area (Å²) in [6.45, 7) is 0. The molecule has 0 bridgehead atoms. The van der Waals surface area contributed by atoms with E-state index in [4.69, 9.17) is 4.74 Å². The molecule has 2 rings (SSSR count). The maximum atomic E-state index is 9.84. The van der Waals surface area contributed by atoms with Crippen LogP contribution < -0.4 is 10.2 Å². The first kappa shape index (κ1) is 12.0. The molecule has 0 aliphatic rings. The topological polar surface area (TPSA) is 53.8 Å². The van der Waals surface area contributed by atoms with Gasteiger partial charge in [-0.15, -0.1) is 0 Å². The molecule has 18 heavy (non-hydrogen) atoms. The zero-order valence-electron chi connectivity index (χ0n) is 10.00. The molecular weight excluding hydrogens is 228 g/mol. The van der Waals surface area contributed by atoms with Crippen LogP contribution in [0.15, 0.2) is 53.6 Å². The van der Waals surface area contributed by atoms with Gasteiger partial charge in [0.15, 0.2) is 11.5 Å². The second-order valence-corrected chi connectivity index (χ2v) is 3.63. The van der Waals surface area contributed by atoms with E-state index in [-0.39, 0.29) is 5.75 Å². The second kappa shape index (κ2) is 5.72. The van der Waals surface area contributed by atoms with Gasteiger partial charge in [0.25, 0.3) is 0 Å². The van der Waals surface area contributed by atoms with Crippen molar-refractivity contribution in [3.63, 3.8) is 0 Å². The number of ether oxygens (including phenoxy) is 1. The Labute approximate surface area is 106 Å². The molecule has 0 heterocycles. The van der Waals surface area contributed by atoms with Crippen molar-refractivity contribution in [2.24, 2.45) is 5.10 Å². The van der Waals surface area contributed by atoms with Crippen LogP contribution in [0.25, 0.3) is 0 Å². The highest BCUT2D eigenvalue weighted by atomic mass is 16.5. The van der Waals surface area contributed by atoms with Crippen LogP contribution in [0.4, 0.5) is 5.69 Å². The van der Waals surface area contributed by atoms with Gasteiger partial charge in [0.05, 0.1) is 19.0 Å². The molecule has 0 atom stereocenters. The molecule has 92 valence electrons. The maximum Gasteiger partial charge on any atom is 0.166 e. The van der Waals surface area contributed by atoms with Crippen LogP contribution in [0.5, 0.6) is 11.5 Å². The molecule has 2 aromatic rings. The lowest BCUT2D eigenvalue weighted by atomic mass is 10.2. The number of nitrogens with one attached hydrogen (secondary N) is 1. The van der Waals surface area contributed by atoms with Crippen LogP contribution in [-0.4, -0.2) is 18.4 Å². The summed E-state index contributed by atoms with van der Waals surface area (Å²) < 4.78 is 5.02. The number of benzene rings is 2. The van der Waals surface area contributed by atoms with Crippen LogP contribution in [-0.2, 0) is 0 Å². The number of hydrazone groups is 1. The molecule has 0 radical (unpaired) electrons. The number of rotatable bonds is 4. The van der Waals surface area contributed by atoms with E-state index in [2.05, 4.69) is 10.5 Å². The number of hydrogen-bond donors (Lipinski definition) is 2. The third-order valence-electron chi connectivity index (χ3n) is 2.42. The Kier molecular flexibility index (Phi) is 3.81. The Morgan fingerprint density at radius 2 is 1.89 bits per heavy atom. The first-order chi connectivity index (χ1) is 8.81. The smallest absolute Gasteiger partial charge is 0.166 e. The zero-order chi connectivity index (χ0) is 12.8. The fraction of sp³-hybridized carbons (Fsp3) is 0.0714. The lowest BCUT2D eigenvalue weighted by Gasteiger charge is -2.05. The summed E-state index contributed by atoms with van der Waals surface area (Å²) in [4.78, 5) is 0. The molecule has 0 fully saturated rings. The molecule has 0 amide bonds. The van der Waals surface area contributed by atoms with Gasteiger partial charge in [-0.05, 0) is 24.3 Å². The molecule has 0 saturated heterocycles. The van der Waals surface area contributed by atoms with Gasteiger partial charge >= 0.3 is 0 Å². The molecule has 0 spiro atoms. The summed E-state index contributed by atoms with van der Waals surface area (Å²) in [6.07, 6.45) is 1.55. The number of phenols is 1. The standard InChI is InChI=1S/C14H14N2O2/c1-18-13-9-5-6-11(14(13)17)10-15-16-12-7-3-2-4-8-12/h2-10,16-17H,1H3/b15-10-. The normalized spacial score (nSPS) is 10.5. The first-order valence-corrected chi connectivity index (χ1v) is 5.51. The zero-order valence-corrected chi connectivity index (χ0v) is 10.00. The molecule has 4 nitrogen and oxygen atoms in total. The van der Waals surface area contributed by atoms with Crippen LogP contribution in [0.2, 0.25) is 0 Å². The van der Waals surface area contributed by atoms with Gasteiger partial charge < -0.3 is 9.84 Å². The van der Waals surface area contributed by atoms with E-state index in [0.29, 0.717) is 11.3 Å². The van der Waals surface area contributed by atoms with Crippen molar-refractivity contribution in [1.82, 2.24) is 0 Å². The molecule has 2 N–H and O–H groups in total. The van der Waals surface area contributed by atoms with Crippen molar-refractivity contribution >= 4 is 11.9 Å². The largest absolute Gasteiger partial charge is 0.504 e. The molecule has 2 aromatic carbocycles. The molecular formula is C14H14N2O2. The van der Waals surface area contributed by atoms with E-state index in [1.54, 1.807) is 24.4 Å². The Morgan fingerprint density at radius 3 is 2.61 bits per heavy atom. The van der Waals surface area contributed by atoms with Gasteiger partial charge in [-0.1, -0.05) is 24.3 Å². The van der Waals surface area contributed by atoms with Crippen LogP contribution in [0, 0.1) is 0 Å². The quantitative estimate of drug-likeness (QED) is 0.640. The summed E-state index contributed by atoms with van der Waals surface area (Å²) in [5.41, 5.74) is 4.36. The van der Waals surface area contributed by atoms with Crippen molar-refractivity contribution in [3.05, 3.63) is 54.1 Å². The second-order valence-electron chi connectivity index (χ2n) is 3.63. The first-order valence-electron chi connectivity index (χ1n) is 5.51. The summed E-state index contributed by atoms with van der Waals surface area (Å²) in [5.74, 6) is 0.511. The predicted octanol–water partition coefficient (Wildman–Crippen LogP) is 2.85. The van der Waals surface area contributed by atoms with Crippen molar-refractivity contribution in [3.8, 4) is 11.5 Å². The number of anilines is 1. The van der Waals surface area contributed by atoms with E-state index in [0.717, 1.165) is 5.69 Å². The minimum Gasteiger partial charge on any atom is -0.504 e. The Bertz CT molecular complexity index is 539. The average Bonchev–Trinajstić information content (AvgIpc) is 2.42. The van der Waals surface area contributed by atoms with E-state index in [1.165, 1.54) is 7.11 Å². The van der Waals surface area contributed by atoms with Gasteiger partial charge in [0.1, 0.15) is 0 Å². The highest BCUT2D eigenvalue weighted by Gasteiger charge is 2.04. The highest BCUT2D eigenvalue weighted by Crippen LogP contribution is 2.27. The monoisotopic (exact) mass is 242 g/mol. The lowest BCUT2D eigenvalue weighted by Crippen LogP contribution is -1.92. The maximum absolute atomic E-state index is 9.84. The molecule has 0 saturated carbocycles. The van der Waals surface area contributed by atoms with E-state index in [9.17, 15) is 5.11 Å². The van der Waals surface area contributed by atoms with E-state index >= 15 is 0 Å². The predicted molar refractivity (Wildman–Crippen MR) is 72.3 cm³/mol. The molecule has 4 heteroatoms. The van der Waals surface area contributed by atoms with Gasteiger partial charge in [-0.2, -0.15) is 5.10 Å². The fourth-order valence-electron chi connectivity index (χ4n) is 1.50. The van der Waals surface area contributed by atoms with Gasteiger partial charge in [-0.3, -0.25) is 5.43 Å². The Hall–Kier alpha value is -2.49. The van der Waals surface area contributed by atoms with E-state index in [1.807, 2.05) is 30.3 Å². The lowest BCUT2D eigenvalue weighted by molar-refractivity contribution is 0.373. The number of hydrogen-bond acceptors (Lipinski definition) is 4.